The third kappa shape index (κ3) is 2.40. The van der Waals surface area contributed by atoms with Crippen molar-refractivity contribution < 1.29 is 0 Å². The molecule has 0 aliphatic carbocycles. The van der Waals surface area contributed by atoms with Gasteiger partial charge in [0.15, 0.2) is 0 Å². The van der Waals surface area contributed by atoms with E-state index in [1.54, 1.807) is 10.7 Å². The summed E-state index contributed by atoms with van der Waals surface area (Å²) in [5, 5.41) is 7.89. The monoisotopic (exact) mass is 299 g/mol. The molecule has 1 unspecified atom stereocenters. The smallest absolute Gasteiger partial charge is 0.267 e. The van der Waals surface area contributed by atoms with Crippen molar-refractivity contribution in [3.63, 3.8) is 0 Å². The molecule has 1 N–H and O–H groups in total. The second-order valence-electron chi connectivity index (χ2n) is 5.61. The van der Waals surface area contributed by atoms with Gasteiger partial charge in [0.1, 0.15) is 0 Å². The SMILES string of the molecule is O=c1cc2c(nn1CC1CSc3ccccc31)CCNC2. The van der Waals surface area contributed by atoms with Crippen LogP contribution in [0.2, 0.25) is 0 Å². The minimum atomic E-state index is 0.0202. The van der Waals surface area contributed by atoms with E-state index in [9.17, 15) is 4.79 Å². The van der Waals surface area contributed by atoms with E-state index >= 15 is 0 Å². The molecular weight excluding hydrogens is 282 g/mol. The summed E-state index contributed by atoms with van der Waals surface area (Å²) in [5.41, 5.74) is 3.51. The van der Waals surface area contributed by atoms with Crippen molar-refractivity contribution in [2.45, 2.75) is 30.3 Å². The molecule has 4 nitrogen and oxygen atoms in total. The first kappa shape index (κ1) is 13.1. The Bertz CT molecular complexity index is 741. The third-order valence-corrected chi connectivity index (χ3v) is 5.46. The van der Waals surface area contributed by atoms with E-state index in [-0.39, 0.29) is 5.56 Å². The van der Waals surface area contributed by atoms with Crippen molar-refractivity contribution >= 4 is 11.8 Å². The molecular formula is C16H17N3OS. The van der Waals surface area contributed by atoms with E-state index in [0.717, 1.165) is 36.5 Å². The first-order valence-electron chi connectivity index (χ1n) is 7.33. The van der Waals surface area contributed by atoms with Crippen LogP contribution >= 0.6 is 11.8 Å². The maximum absolute atomic E-state index is 12.3. The molecule has 4 rings (SSSR count). The number of nitrogens with zero attached hydrogens (tertiary/aromatic N) is 2. The topological polar surface area (TPSA) is 46.9 Å². The Balaban J connectivity index is 1.65. The van der Waals surface area contributed by atoms with Crippen LogP contribution in [-0.4, -0.2) is 22.1 Å². The zero-order valence-electron chi connectivity index (χ0n) is 11.7. The molecule has 1 atom stereocenters. The number of thioether (sulfide) groups is 1. The standard InChI is InChI=1S/C16H17N3OS/c20-16-7-11-8-17-6-5-14(11)18-19(16)9-12-10-21-15-4-2-1-3-13(12)15/h1-4,7,12,17H,5-6,8-10H2. The van der Waals surface area contributed by atoms with E-state index in [1.807, 2.05) is 11.8 Å². The van der Waals surface area contributed by atoms with Crippen LogP contribution in [0.4, 0.5) is 0 Å². The number of nitrogens with one attached hydrogen (secondary N) is 1. The molecule has 3 heterocycles. The van der Waals surface area contributed by atoms with Gasteiger partial charge in [-0.15, -0.1) is 11.8 Å². The summed E-state index contributed by atoms with van der Waals surface area (Å²) in [6.07, 6.45) is 0.908. The molecule has 0 saturated heterocycles. The fraction of sp³-hybridized carbons (Fsp3) is 0.375. The maximum Gasteiger partial charge on any atom is 0.267 e. The van der Waals surface area contributed by atoms with E-state index < -0.39 is 0 Å². The fourth-order valence-corrected chi connectivity index (χ4v) is 4.32. The third-order valence-electron chi connectivity index (χ3n) is 4.21. The van der Waals surface area contributed by atoms with E-state index in [2.05, 4.69) is 34.7 Å². The number of fused-ring (bicyclic) bond motifs is 2. The van der Waals surface area contributed by atoms with E-state index in [4.69, 9.17) is 0 Å². The Morgan fingerprint density at radius 1 is 1.38 bits per heavy atom. The molecule has 0 amide bonds. The molecule has 1 aromatic carbocycles. The second-order valence-corrected chi connectivity index (χ2v) is 6.67. The molecule has 1 aromatic heterocycles. The van der Waals surface area contributed by atoms with Gasteiger partial charge in [0.2, 0.25) is 0 Å². The van der Waals surface area contributed by atoms with Gasteiger partial charge in [-0.25, -0.2) is 4.68 Å². The highest BCUT2D eigenvalue weighted by Crippen LogP contribution is 2.39. The van der Waals surface area contributed by atoms with Crippen molar-refractivity contribution in [3.05, 3.63) is 57.5 Å². The lowest BCUT2D eigenvalue weighted by atomic mass is 10.0. The van der Waals surface area contributed by atoms with Gasteiger partial charge >= 0.3 is 0 Å². The lowest BCUT2D eigenvalue weighted by molar-refractivity contribution is 0.497. The Morgan fingerprint density at radius 3 is 3.24 bits per heavy atom. The quantitative estimate of drug-likeness (QED) is 0.918. The Morgan fingerprint density at radius 2 is 2.29 bits per heavy atom. The van der Waals surface area contributed by atoms with Crippen LogP contribution < -0.4 is 10.9 Å². The Labute approximate surface area is 127 Å². The maximum atomic E-state index is 12.3. The molecule has 0 fully saturated rings. The van der Waals surface area contributed by atoms with Crippen LogP contribution in [0.5, 0.6) is 0 Å². The van der Waals surface area contributed by atoms with Crippen molar-refractivity contribution in [1.29, 1.82) is 0 Å². The van der Waals surface area contributed by atoms with Gasteiger partial charge in [0, 0.05) is 42.1 Å². The summed E-state index contributed by atoms with van der Waals surface area (Å²) in [4.78, 5) is 13.6. The molecule has 2 aliphatic heterocycles. The van der Waals surface area contributed by atoms with Crippen LogP contribution in [0, 0.1) is 0 Å². The van der Waals surface area contributed by atoms with Gasteiger partial charge in [-0.3, -0.25) is 4.79 Å². The highest BCUT2D eigenvalue weighted by atomic mass is 32.2. The van der Waals surface area contributed by atoms with Gasteiger partial charge in [0.25, 0.3) is 5.56 Å². The largest absolute Gasteiger partial charge is 0.312 e. The van der Waals surface area contributed by atoms with Gasteiger partial charge in [-0.1, -0.05) is 18.2 Å². The number of hydrogen-bond donors (Lipinski definition) is 1. The van der Waals surface area contributed by atoms with E-state index in [1.165, 1.54) is 10.5 Å². The normalized spacial score (nSPS) is 20.1. The highest BCUT2D eigenvalue weighted by Gasteiger charge is 2.24. The number of benzene rings is 1. The minimum Gasteiger partial charge on any atom is -0.312 e. The predicted molar refractivity (Wildman–Crippen MR) is 83.8 cm³/mol. The first-order valence-corrected chi connectivity index (χ1v) is 8.32. The lowest BCUT2D eigenvalue weighted by Gasteiger charge is -2.18. The van der Waals surface area contributed by atoms with Crippen molar-refractivity contribution in [3.8, 4) is 0 Å². The molecule has 2 aromatic rings. The summed E-state index contributed by atoms with van der Waals surface area (Å²) >= 11 is 1.88. The Hall–Kier alpha value is -1.59. The molecule has 108 valence electrons. The Kier molecular flexibility index (Phi) is 3.31. The zero-order valence-corrected chi connectivity index (χ0v) is 12.5. The summed E-state index contributed by atoms with van der Waals surface area (Å²) in [5.74, 6) is 1.42. The van der Waals surface area contributed by atoms with Gasteiger partial charge in [0.05, 0.1) is 12.2 Å². The molecule has 0 radical (unpaired) electrons. The predicted octanol–water partition coefficient (Wildman–Crippen LogP) is 1.78. The second kappa shape index (κ2) is 5.31. The average Bonchev–Trinajstić information content (AvgIpc) is 2.91. The number of aromatic nitrogens is 2. The van der Waals surface area contributed by atoms with Gasteiger partial charge < -0.3 is 5.32 Å². The molecule has 2 aliphatic rings. The summed E-state index contributed by atoms with van der Waals surface area (Å²) in [6.45, 7) is 2.39. The summed E-state index contributed by atoms with van der Waals surface area (Å²) in [7, 11) is 0. The van der Waals surface area contributed by atoms with Crippen molar-refractivity contribution in [2.24, 2.45) is 0 Å². The first-order chi connectivity index (χ1) is 10.3. The van der Waals surface area contributed by atoms with Crippen LogP contribution in [-0.2, 0) is 19.5 Å². The molecule has 0 bridgehead atoms. The van der Waals surface area contributed by atoms with E-state index in [0.29, 0.717) is 12.5 Å². The van der Waals surface area contributed by atoms with Crippen LogP contribution in [0.1, 0.15) is 22.7 Å². The molecule has 5 heteroatoms. The van der Waals surface area contributed by atoms with Crippen LogP contribution in [0.3, 0.4) is 0 Å². The summed E-state index contributed by atoms with van der Waals surface area (Å²) < 4.78 is 1.66. The van der Waals surface area contributed by atoms with Crippen molar-refractivity contribution in [1.82, 2.24) is 15.1 Å². The zero-order chi connectivity index (χ0) is 14.2. The van der Waals surface area contributed by atoms with Gasteiger partial charge in [-0.05, 0) is 17.2 Å². The van der Waals surface area contributed by atoms with Crippen LogP contribution in [0.15, 0.2) is 40.0 Å². The molecule has 21 heavy (non-hydrogen) atoms. The highest BCUT2D eigenvalue weighted by molar-refractivity contribution is 7.99. The summed E-state index contributed by atoms with van der Waals surface area (Å²) in [6, 6.07) is 10.2. The number of hydrogen-bond acceptors (Lipinski definition) is 4. The molecule has 0 saturated carbocycles. The molecule has 0 spiro atoms. The van der Waals surface area contributed by atoms with Crippen LogP contribution in [0.25, 0.3) is 0 Å². The van der Waals surface area contributed by atoms with Crippen molar-refractivity contribution in [2.75, 3.05) is 12.3 Å². The fourth-order valence-electron chi connectivity index (χ4n) is 3.08. The average molecular weight is 299 g/mol. The van der Waals surface area contributed by atoms with Gasteiger partial charge in [-0.2, -0.15) is 5.10 Å². The number of rotatable bonds is 2. The lowest BCUT2D eigenvalue weighted by Crippen LogP contribution is -2.32. The minimum absolute atomic E-state index is 0.0202.